The number of sulfonamides is 1. The minimum atomic E-state index is -4.08. The van der Waals surface area contributed by atoms with Crippen LogP contribution in [0.25, 0.3) is 12.2 Å². The summed E-state index contributed by atoms with van der Waals surface area (Å²) in [6.45, 7) is 4.42. The van der Waals surface area contributed by atoms with E-state index in [9.17, 15) is 13.2 Å². The molecule has 0 amide bonds. The number of hydrogen-bond donors (Lipinski definition) is 0. The van der Waals surface area contributed by atoms with Gasteiger partial charge in [0.05, 0.1) is 25.9 Å². The van der Waals surface area contributed by atoms with Gasteiger partial charge in [-0.2, -0.15) is 0 Å². The summed E-state index contributed by atoms with van der Waals surface area (Å²) in [5.74, 6) is 0.0720. The number of benzene rings is 1. The molecule has 0 radical (unpaired) electrons. The van der Waals surface area contributed by atoms with E-state index in [1.807, 2.05) is 37.3 Å². The zero-order chi connectivity index (χ0) is 26.4. The fourth-order valence-electron chi connectivity index (χ4n) is 3.94. The Morgan fingerprint density at radius 1 is 1.22 bits per heavy atom. The summed E-state index contributed by atoms with van der Waals surface area (Å²) < 4.78 is 47.3. The topological polar surface area (TPSA) is 113 Å². The molecule has 4 rings (SSSR count). The van der Waals surface area contributed by atoms with E-state index in [4.69, 9.17) is 14.2 Å². The van der Waals surface area contributed by atoms with Crippen LogP contribution < -0.4 is 13.8 Å². The van der Waals surface area contributed by atoms with Gasteiger partial charge in [-0.15, -0.1) is 5.10 Å². The van der Waals surface area contributed by atoms with Crippen molar-refractivity contribution in [3.8, 4) is 11.6 Å². The second kappa shape index (κ2) is 11.5. The number of esters is 1. The fourth-order valence-corrected chi connectivity index (χ4v) is 5.52. The SMILES string of the molecule is CCOc1nn(CC)cc1S(=O)(=O)N1CC(CCC(=O)OC)Oc2ccc(C=Cc3cccnc3)cc21. The Balaban J connectivity index is 1.74. The first-order chi connectivity index (χ1) is 17.8. The van der Waals surface area contributed by atoms with Crippen molar-refractivity contribution in [2.45, 2.75) is 44.2 Å². The van der Waals surface area contributed by atoms with E-state index in [0.717, 1.165) is 11.1 Å². The van der Waals surface area contributed by atoms with E-state index in [1.165, 1.54) is 22.3 Å². The van der Waals surface area contributed by atoms with Crippen LogP contribution in [-0.2, 0) is 26.1 Å². The first-order valence-corrected chi connectivity index (χ1v) is 13.5. The largest absolute Gasteiger partial charge is 0.486 e. The number of aromatic nitrogens is 3. The summed E-state index contributed by atoms with van der Waals surface area (Å²) >= 11 is 0. The van der Waals surface area contributed by atoms with E-state index in [1.54, 1.807) is 31.5 Å². The van der Waals surface area contributed by atoms with Gasteiger partial charge in [0, 0.05) is 31.6 Å². The van der Waals surface area contributed by atoms with Gasteiger partial charge < -0.3 is 14.2 Å². The lowest BCUT2D eigenvalue weighted by atomic mass is 10.1. The molecule has 10 nitrogen and oxygen atoms in total. The molecule has 3 aromatic rings. The van der Waals surface area contributed by atoms with Crippen LogP contribution in [-0.4, -0.2) is 55.5 Å². The van der Waals surface area contributed by atoms with Crippen LogP contribution in [0.5, 0.6) is 11.6 Å². The smallest absolute Gasteiger partial charge is 0.305 e. The highest BCUT2D eigenvalue weighted by Crippen LogP contribution is 2.40. The number of methoxy groups -OCH3 is 1. The average molecular weight is 527 g/mol. The summed E-state index contributed by atoms with van der Waals surface area (Å²) in [5.41, 5.74) is 2.10. The molecule has 0 N–H and O–H groups in total. The molecule has 196 valence electrons. The highest BCUT2D eigenvalue weighted by molar-refractivity contribution is 7.93. The van der Waals surface area contributed by atoms with Crippen molar-refractivity contribution >= 4 is 33.8 Å². The molecule has 0 spiro atoms. The van der Waals surface area contributed by atoms with Crippen molar-refractivity contribution in [1.29, 1.82) is 0 Å². The lowest BCUT2D eigenvalue weighted by molar-refractivity contribution is -0.141. The molecule has 11 heteroatoms. The molecule has 1 aromatic carbocycles. The number of nitrogens with zero attached hydrogens (tertiary/aromatic N) is 4. The van der Waals surface area contributed by atoms with Crippen LogP contribution in [0.1, 0.15) is 37.8 Å². The lowest BCUT2D eigenvalue weighted by Crippen LogP contribution is -2.43. The van der Waals surface area contributed by atoms with Gasteiger partial charge in [-0.1, -0.05) is 24.3 Å². The van der Waals surface area contributed by atoms with Gasteiger partial charge in [0.15, 0.2) is 4.90 Å². The van der Waals surface area contributed by atoms with Crippen LogP contribution in [0.2, 0.25) is 0 Å². The molecule has 1 aliphatic heterocycles. The molecule has 0 bridgehead atoms. The zero-order valence-corrected chi connectivity index (χ0v) is 21.8. The Hall–Kier alpha value is -3.86. The van der Waals surface area contributed by atoms with Gasteiger partial charge in [-0.3, -0.25) is 18.8 Å². The number of carbonyl (C=O) groups is 1. The molecule has 1 aliphatic rings. The number of hydrogen-bond acceptors (Lipinski definition) is 8. The minimum absolute atomic E-state index is 0.0188. The molecule has 0 fully saturated rings. The number of fused-ring (bicyclic) bond motifs is 1. The maximum atomic E-state index is 14.0. The van der Waals surface area contributed by atoms with Crippen molar-refractivity contribution in [1.82, 2.24) is 14.8 Å². The van der Waals surface area contributed by atoms with Gasteiger partial charge in [-0.05, 0) is 49.6 Å². The molecule has 0 saturated carbocycles. The molecule has 1 atom stereocenters. The third kappa shape index (κ3) is 5.93. The Labute approximate surface area is 216 Å². The van der Waals surface area contributed by atoms with Crippen molar-refractivity contribution < 1.29 is 27.4 Å². The third-order valence-corrected chi connectivity index (χ3v) is 7.60. The first kappa shape index (κ1) is 26.2. The zero-order valence-electron chi connectivity index (χ0n) is 21.0. The normalized spacial score (nSPS) is 15.3. The molecule has 2 aromatic heterocycles. The monoisotopic (exact) mass is 526 g/mol. The Morgan fingerprint density at radius 2 is 2.03 bits per heavy atom. The van der Waals surface area contributed by atoms with Crippen LogP contribution in [0.15, 0.2) is 53.8 Å². The Kier molecular flexibility index (Phi) is 8.12. The van der Waals surface area contributed by atoms with E-state index in [0.29, 0.717) is 24.4 Å². The first-order valence-electron chi connectivity index (χ1n) is 12.0. The second-order valence-corrected chi connectivity index (χ2v) is 10.2. The lowest BCUT2D eigenvalue weighted by Gasteiger charge is -2.35. The number of carbonyl (C=O) groups excluding carboxylic acids is 1. The Bertz CT molecular complexity index is 1370. The molecule has 0 aliphatic carbocycles. The highest BCUT2D eigenvalue weighted by atomic mass is 32.2. The fraction of sp³-hybridized carbons (Fsp3) is 0.346. The molecular formula is C26H30N4O6S. The number of aryl methyl sites for hydroxylation is 1. The van der Waals surface area contributed by atoms with Gasteiger partial charge in [0.25, 0.3) is 15.9 Å². The van der Waals surface area contributed by atoms with Crippen molar-refractivity contribution in [2.24, 2.45) is 0 Å². The molecule has 1 unspecified atom stereocenters. The average Bonchev–Trinajstić information content (AvgIpc) is 3.34. The van der Waals surface area contributed by atoms with Gasteiger partial charge in [0.2, 0.25) is 0 Å². The number of ether oxygens (including phenoxy) is 3. The quantitative estimate of drug-likeness (QED) is 0.367. The maximum Gasteiger partial charge on any atom is 0.305 e. The van der Waals surface area contributed by atoms with Gasteiger partial charge in [0.1, 0.15) is 11.9 Å². The molecule has 3 heterocycles. The van der Waals surface area contributed by atoms with Crippen molar-refractivity contribution in [3.05, 3.63) is 60.0 Å². The maximum absolute atomic E-state index is 14.0. The molecular weight excluding hydrogens is 496 g/mol. The summed E-state index contributed by atoms with van der Waals surface area (Å²) in [6, 6.07) is 9.12. The Morgan fingerprint density at radius 3 is 2.73 bits per heavy atom. The van der Waals surface area contributed by atoms with Crippen LogP contribution in [0.3, 0.4) is 0 Å². The van der Waals surface area contributed by atoms with E-state index in [-0.39, 0.29) is 36.3 Å². The number of rotatable bonds is 10. The number of pyridine rings is 1. The van der Waals surface area contributed by atoms with Gasteiger partial charge in [-0.25, -0.2) is 8.42 Å². The van der Waals surface area contributed by atoms with Crippen LogP contribution >= 0.6 is 0 Å². The van der Waals surface area contributed by atoms with E-state index < -0.39 is 16.1 Å². The molecule has 37 heavy (non-hydrogen) atoms. The van der Waals surface area contributed by atoms with E-state index in [2.05, 4.69) is 10.1 Å². The predicted octanol–water partition coefficient (Wildman–Crippen LogP) is 3.78. The number of anilines is 1. The van der Waals surface area contributed by atoms with Crippen molar-refractivity contribution in [3.63, 3.8) is 0 Å². The highest BCUT2D eigenvalue weighted by Gasteiger charge is 2.37. The summed E-state index contributed by atoms with van der Waals surface area (Å²) in [5, 5.41) is 4.28. The minimum Gasteiger partial charge on any atom is -0.486 e. The predicted molar refractivity (Wildman–Crippen MR) is 139 cm³/mol. The summed E-state index contributed by atoms with van der Waals surface area (Å²) in [6.07, 6.45) is 8.55. The third-order valence-electron chi connectivity index (χ3n) is 5.83. The van der Waals surface area contributed by atoms with Crippen molar-refractivity contribution in [2.75, 3.05) is 24.6 Å². The van der Waals surface area contributed by atoms with E-state index >= 15 is 0 Å². The van der Waals surface area contributed by atoms with Crippen LogP contribution in [0.4, 0.5) is 5.69 Å². The summed E-state index contributed by atoms with van der Waals surface area (Å²) in [4.78, 5) is 15.8. The second-order valence-electron chi connectivity index (χ2n) is 8.32. The summed E-state index contributed by atoms with van der Waals surface area (Å²) in [7, 11) is -2.77. The van der Waals surface area contributed by atoms with Gasteiger partial charge >= 0.3 is 5.97 Å². The molecule has 0 saturated heterocycles. The standard InChI is InChI=1S/C26H30N4O6S/c1-4-29-18-24(26(28-29)35-5-2)37(32,33)30-17-21(11-13-25(31)34-3)36-23-12-10-19(15-22(23)30)8-9-20-7-6-14-27-16-20/h6-10,12,14-16,18,21H,4-5,11,13,17H2,1-3H3. The van der Waals surface area contributed by atoms with Crippen LogP contribution in [0, 0.1) is 0 Å².